The zero-order chi connectivity index (χ0) is 12.4. The molecule has 1 saturated carbocycles. The van der Waals surface area contributed by atoms with Crippen LogP contribution in [0, 0.1) is 0 Å². The Labute approximate surface area is 111 Å². The summed E-state index contributed by atoms with van der Waals surface area (Å²) in [6.45, 7) is 4.09. The van der Waals surface area contributed by atoms with Gasteiger partial charge in [0.1, 0.15) is 5.01 Å². The topological polar surface area (TPSA) is 42.7 Å². The first-order valence-corrected chi connectivity index (χ1v) is 7.43. The zero-order valence-electron chi connectivity index (χ0n) is 10.6. The average molecular weight is 262 g/mol. The van der Waals surface area contributed by atoms with Crippen LogP contribution < -0.4 is 5.32 Å². The van der Waals surface area contributed by atoms with Gasteiger partial charge in [-0.15, -0.1) is 11.3 Å². The lowest BCUT2D eigenvalue weighted by Crippen LogP contribution is -2.13. The maximum absolute atomic E-state index is 4.69. The van der Waals surface area contributed by atoms with Crippen LogP contribution in [0.5, 0.6) is 0 Å². The quantitative estimate of drug-likeness (QED) is 0.814. The first kappa shape index (κ1) is 11.9. The number of nitrogens with zero attached hydrogens (tertiary/aromatic N) is 3. The van der Waals surface area contributed by atoms with Crippen molar-refractivity contribution < 1.29 is 0 Å². The molecule has 1 aliphatic carbocycles. The Balaban J connectivity index is 1.73. The Kier molecular flexibility index (Phi) is 3.43. The van der Waals surface area contributed by atoms with Crippen LogP contribution in [0.3, 0.4) is 0 Å². The van der Waals surface area contributed by atoms with E-state index >= 15 is 0 Å². The number of rotatable bonds is 6. The van der Waals surface area contributed by atoms with E-state index in [0.29, 0.717) is 6.04 Å². The average Bonchev–Trinajstić information content (AvgIpc) is 2.92. The molecular formula is C13H18N4S. The molecule has 18 heavy (non-hydrogen) atoms. The zero-order valence-corrected chi connectivity index (χ0v) is 11.4. The van der Waals surface area contributed by atoms with Crippen molar-refractivity contribution in [2.75, 3.05) is 6.54 Å². The summed E-state index contributed by atoms with van der Waals surface area (Å²) in [5.74, 6) is 0. The lowest BCUT2D eigenvalue weighted by atomic mass is 10.4. The predicted molar refractivity (Wildman–Crippen MR) is 73.6 cm³/mol. The van der Waals surface area contributed by atoms with Gasteiger partial charge in [-0.2, -0.15) is 0 Å². The molecule has 96 valence electrons. The molecule has 2 aromatic heterocycles. The van der Waals surface area contributed by atoms with Gasteiger partial charge in [0.25, 0.3) is 0 Å². The molecule has 1 aliphatic rings. The van der Waals surface area contributed by atoms with Gasteiger partial charge in [-0.25, -0.2) is 9.97 Å². The van der Waals surface area contributed by atoms with E-state index in [-0.39, 0.29) is 0 Å². The fourth-order valence-electron chi connectivity index (χ4n) is 2.01. The molecule has 1 fully saturated rings. The normalized spacial score (nSPS) is 15.2. The molecule has 0 amide bonds. The maximum atomic E-state index is 4.69. The summed E-state index contributed by atoms with van der Waals surface area (Å²) < 4.78 is 2.27. The van der Waals surface area contributed by atoms with Crippen molar-refractivity contribution in [3.8, 4) is 10.7 Å². The largest absolute Gasteiger partial charge is 0.326 e. The minimum absolute atomic E-state index is 0.660. The molecule has 2 heterocycles. The molecule has 3 rings (SSSR count). The lowest BCUT2D eigenvalue weighted by molar-refractivity contribution is 0.666. The summed E-state index contributed by atoms with van der Waals surface area (Å²) in [6.07, 6.45) is 7.58. The Morgan fingerprint density at radius 1 is 1.50 bits per heavy atom. The van der Waals surface area contributed by atoms with Crippen molar-refractivity contribution in [3.05, 3.63) is 23.6 Å². The number of aromatic nitrogens is 3. The van der Waals surface area contributed by atoms with Gasteiger partial charge in [0.15, 0.2) is 0 Å². The van der Waals surface area contributed by atoms with Gasteiger partial charge >= 0.3 is 0 Å². The highest BCUT2D eigenvalue weighted by molar-refractivity contribution is 7.13. The number of thiazole rings is 1. The van der Waals surface area contributed by atoms with E-state index in [1.165, 1.54) is 18.5 Å². The fraction of sp³-hybridized carbons (Fsp3) is 0.538. The van der Waals surface area contributed by atoms with E-state index in [1.54, 1.807) is 11.3 Å². The van der Waals surface area contributed by atoms with Gasteiger partial charge in [0, 0.05) is 18.0 Å². The molecule has 0 saturated heterocycles. The second-order valence-corrected chi connectivity index (χ2v) is 5.60. The first-order chi connectivity index (χ1) is 8.88. The van der Waals surface area contributed by atoms with Crippen LogP contribution in [0.4, 0.5) is 0 Å². The summed E-state index contributed by atoms with van der Waals surface area (Å²) in [7, 11) is 0. The Bertz CT molecular complexity index is 513. The Morgan fingerprint density at radius 2 is 2.39 bits per heavy atom. The third-order valence-electron chi connectivity index (χ3n) is 3.11. The second-order valence-electron chi connectivity index (χ2n) is 4.74. The van der Waals surface area contributed by atoms with Crippen molar-refractivity contribution in [3.63, 3.8) is 0 Å². The van der Waals surface area contributed by atoms with Crippen LogP contribution in [-0.4, -0.2) is 21.1 Å². The molecule has 0 aromatic carbocycles. The molecule has 0 atom stereocenters. The van der Waals surface area contributed by atoms with Gasteiger partial charge in [-0.3, -0.25) is 0 Å². The van der Waals surface area contributed by atoms with Gasteiger partial charge in [0.05, 0.1) is 23.9 Å². The van der Waals surface area contributed by atoms with Crippen LogP contribution in [0.1, 0.15) is 37.9 Å². The third-order valence-corrected chi connectivity index (χ3v) is 4.02. The highest BCUT2D eigenvalue weighted by Crippen LogP contribution is 2.38. The van der Waals surface area contributed by atoms with Crippen LogP contribution >= 0.6 is 11.3 Å². The van der Waals surface area contributed by atoms with Gasteiger partial charge in [0.2, 0.25) is 0 Å². The van der Waals surface area contributed by atoms with E-state index in [4.69, 9.17) is 4.98 Å². The minimum Gasteiger partial charge on any atom is -0.326 e. The van der Waals surface area contributed by atoms with Crippen molar-refractivity contribution in [2.45, 2.75) is 38.8 Å². The van der Waals surface area contributed by atoms with Crippen molar-refractivity contribution in [1.29, 1.82) is 0 Å². The van der Waals surface area contributed by atoms with E-state index in [0.717, 1.165) is 30.2 Å². The van der Waals surface area contributed by atoms with Crippen LogP contribution in [0.15, 0.2) is 17.9 Å². The molecule has 2 aromatic rings. The molecule has 5 heteroatoms. The standard InChI is InChI=1S/C13H18N4S/c1-2-5-14-6-10-8-18-13(16-10)12-7-15-9-17(12)11-3-4-11/h7-9,11,14H,2-6H2,1H3. The number of imidazole rings is 1. The molecule has 4 nitrogen and oxygen atoms in total. The van der Waals surface area contributed by atoms with Gasteiger partial charge in [-0.05, 0) is 25.8 Å². The highest BCUT2D eigenvalue weighted by Gasteiger charge is 2.26. The van der Waals surface area contributed by atoms with E-state index in [1.807, 2.05) is 12.5 Å². The molecule has 0 radical (unpaired) electrons. The molecule has 0 aliphatic heterocycles. The minimum atomic E-state index is 0.660. The fourth-order valence-corrected chi connectivity index (χ4v) is 2.85. The van der Waals surface area contributed by atoms with Crippen LogP contribution in [0.2, 0.25) is 0 Å². The van der Waals surface area contributed by atoms with Gasteiger partial charge < -0.3 is 9.88 Å². The van der Waals surface area contributed by atoms with Crippen LogP contribution in [-0.2, 0) is 6.54 Å². The first-order valence-electron chi connectivity index (χ1n) is 6.56. The predicted octanol–water partition coefficient (Wildman–Crippen LogP) is 2.84. The third kappa shape index (κ3) is 2.47. The summed E-state index contributed by atoms with van der Waals surface area (Å²) in [4.78, 5) is 8.95. The van der Waals surface area contributed by atoms with Crippen molar-refractivity contribution in [1.82, 2.24) is 19.9 Å². The second kappa shape index (κ2) is 5.20. The smallest absolute Gasteiger partial charge is 0.141 e. The monoisotopic (exact) mass is 262 g/mol. The summed E-state index contributed by atoms with van der Waals surface area (Å²) >= 11 is 1.71. The van der Waals surface area contributed by atoms with E-state index in [2.05, 4.69) is 27.2 Å². The maximum Gasteiger partial charge on any atom is 0.141 e. The number of hydrogen-bond acceptors (Lipinski definition) is 4. The highest BCUT2D eigenvalue weighted by atomic mass is 32.1. The van der Waals surface area contributed by atoms with Crippen LogP contribution in [0.25, 0.3) is 10.7 Å². The Morgan fingerprint density at radius 3 is 3.17 bits per heavy atom. The molecular weight excluding hydrogens is 244 g/mol. The SMILES string of the molecule is CCCNCc1csc(-c2cncn2C2CC2)n1. The van der Waals surface area contributed by atoms with Crippen molar-refractivity contribution in [2.24, 2.45) is 0 Å². The number of hydrogen-bond donors (Lipinski definition) is 1. The number of nitrogens with one attached hydrogen (secondary N) is 1. The lowest BCUT2D eigenvalue weighted by Gasteiger charge is -2.02. The molecule has 0 unspecified atom stereocenters. The molecule has 1 N–H and O–H groups in total. The molecule has 0 spiro atoms. The summed E-state index contributed by atoms with van der Waals surface area (Å²) in [5.41, 5.74) is 2.30. The van der Waals surface area contributed by atoms with Gasteiger partial charge in [-0.1, -0.05) is 6.92 Å². The Hall–Kier alpha value is -1.20. The summed E-state index contributed by atoms with van der Waals surface area (Å²) in [5, 5.41) is 6.61. The summed E-state index contributed by atoms with van der Waals surface area (Å²) in [6, 6.07) is 0.660. The molecule has 0 bridgehead atoms. The van der Waals surface area contributed by atoms with E-state index in [9.17, 15) is 0 Å². The van der Waals surface area contributed by atoms with Crippen molar-refractivity contribution >= 4 is 11.3 Å². The van der Waals surface area contributed by atoms with E-state index < -0.39 is 0 Å².